The van der Waals surface area contributed by atoms with E-state index in [-0.39, 0.29) is 12.1 Å². The predicted molar refractivity (Wildman–Crippen MR) is 69.1 cm³/mol. The van der Waals surface area contributed by atoms with E-state index in [0.29, 0.717) is 6.04 Å². The number of amides is 1. The first-order valence-electron chi connectivity index (χ1n) is 6.60. The number of nitrogens with one attached hydrogen (secondary N) is 2. The zero-order valence-corrected chi connectivity index (χ0v) is 11.5. The Labute approximate surface area is 104 Å². The molecule has 1 atom stereocenters. The van der Waals surface area contributed by atoms with Crippen LogP contribution < -0.4 is 10.6 Å². The molecule has 0 spiro atoms. The number of carbonyl (C=O) groups is 1. The Kier molecular flexibility index (Phi) is 5.25. The van der Waals surface area contributed by atoms with E-state index in [9.17, 15) is 4.79 Å². The smallest absolute Gasteiger partial charge is 0.407 e. The van der Waals surface area contributed by atoms with Gasteiger partial charge in [-0.1, -0.05) is 12.8 Å². The minimum atomic E-state index is -0.428. The van der Waals surface area contributed by atoms with Gasteiger partial charge in [0, 0.05) is 18.6 Å². The van der Waals surface area contributed by atoms with Crippen LogP contribution in [0.5, 0.6) is 0 Å². The van der Waals surface area contributed by atoms with Crippen molar-refractivity contribution in [3.63, 3.8) is 0 Å². The molecule has 0 aromatic rings. The molecule has 0 aliphatic heterocycles. The second-order valence-electron chi connectivity index (χ2n) is 5.94. The number of hydrogen-bond donors (Lipinski definition) is 2. The highest BCUT2D eigenvalue weighted by Crippen LogP contribution is 2.17. The zero-order valence-electron chi connectivity index (χ0n) is 11.5. The molecule has 1 aliphatic carbocycles. The standard InChI is InChI=1S/C13H26N2O2/c1-10(9-14-11-7-5-6-8-11)15-12(16)17-13(2,3)4/h10-11,14H,5-9H2,1-4H3,(H,15,16)/t10-/m0/s1. The van der Waals surface area contributed by atoms with Gasteiger partial charge >= 0.3 is 6.09 Å². The van der Waals surface area contributed by atoms with Crippen molar-refractivity contribution in [3.05, 3.63) is 0 Å². The molecular formula is C13H26N2O2. The van der Waals surface area contributed by atoms with Crippen LogP contribution in [-0.2, 0) is 4.74 Å². The molecule has 0 aromatic carbocycles. The Hall–Kier alpha value is -0.770. The van der Waals surface area contributed by atoms with Gasteiger partial charge in [0.15, 0.2) is 0 Å². The molecule has 1 rings (SSSR count). The van der Waals surface area contributed by atoms with Crippen LogP contribution in [0, 0.1) is 0 Å². The Bertz CT molecular complexity index is 242. The average molecular weight is 242 g/mol. The van der Waals surface area contributed by atoms with Gasteiger partial charge in [0.2, 0.25) is 0 Å². The molecule has 1 amide bonds. The molecule has 100 valence electrons. The van der Waals surface area contributed by atoms with E-state index in [4.69, 9.17) is 4.74 Å². The van der Waals surface area contributed by atoms with Gasteiger partial charge in [-0.3, -0.25) is 0 Å². The van der Waals surface area contributed by atoms with Gasteiger partial charge in [0.25, 0.3) is 0 Å². The van der Waals surface area contributed by atoms with Gasteiger partial charge in [-0.25, -0.2) is 4.79 Å². The number of hydrogen-bond acceptors (Lipinski definition) is 3. The summed E-state index contributed by atoms with van der Waals surface area (Å²) in [6, 6.07) is 0.739. The maximum absolute atomic E-state index is 11.5. The summed E-state index contributed by atoms with van der Waals surface area (Å²) < 4.78 is 5.20. The van der Waals surface area contributed by atoms with Gasteiger partial charge in [0.05, 0.1) is 0 Å². The summed E-state index contributed by atoms with van der Waals surface area (Å²) in [5.41, 5.74) is -0.428. The van der Waals surface area contributed by atoms with E-state index < -0.39 is 5.60 Å². The Morgan fingerprint density at radius 3 is 2.47 bits per heavy atom. The minimum absolute atomic E-state index is 0.102. The van der Waals surface area contributed by atoms with E-state index >= 15 is 0 Å². The van der Waals surface area contributed by atoms with Crippen molar-refractivity contribution in [2.45, 2.75) is 71.1 Å². The lowest BCUT2D eigenvalue weighted by molar-refractivity contribution is 0.0507. The summed E-state index contributed by atoms with van der Waals surface area (Å²) in [5.74, 6) is 0. The van der Waals surface area contributed by atoms with E-state index in [1.165, 1.54) is 25.7 Å². The summed E-state index contributed by atoms with van der Waals surface area (Å²) in [6.07, 6.45) is 4.84. The molecule has 1 aliphatic rings. The van der Waals surface area contributed by atoms with Crippen LogP contribution in [0.25, 0.3) is 0 Å². The highest BCUT2D eigenvalue weighted by atomic mass is 16.6. The van der Waals surface area contributed by atoms with E-state index in [1.807, 2.05) is 27.7 Å². The first-order chi connectivity index (χ1) is 7.87. The van der Waals surface area contributed by atoms with E-state index in [0.717, 1.165) is 6.54 Å². The molecule has 0 unspecified atom stereocenters. The fraction of sp³-hybridized carbons (Fsp3) is 0.923. The largest absolute Gasteiger partial charge is 0.444 e. The van der Waals surface area contributed by atoms with Crippen LogP contribution in [0.1, 0.15) is 53.4 Å². The fourth-order valence-corrected chi connectivity index (χ4v) is 2.03. The number of ether oxygens (including phenoxy) is 1. The van der Waals surface area contributed by atoms with Gasteiger partial charge in [0.1, 0.15) is 5.60 Å². The summed E-state index contributed by atoms with van der Waals surface area (Å²) in [7, 11) is 0. The summed E-state index contributed by atoms with van der Waals surface area (Å²) >= 11 is 0. The average Bonchev–Trinajstić information content (AvgIpc) is 2.63. The second-order valence-corrected chi connectivity index (χ2v) is 5.94. The Morgan fingerprint density at radius 2 is 1.94 bits per heavy atom. The molecule has 0 radical (unpaired) electrons. The quantitative estimate of drug-likeness (QED) is 0.796. The lowest BCUT2D eigenvalue weighted by atomic mass is 10.2. The van der Waals surface area contributed by atoms with Crippen molar-refractivity contribution in [2.24, 2.45) is 0 Å². The third-order valence-electron chi connectivity index (χ3n) is 2.83. The van der Waals surface area contributed by atoms with Crippen LogP contribution in [0.2, 0.25) is 0 Å². The van der Waals surface area contributed by atoms with Gasteiger partial charge < -0.3 is 15.4 Å². The summed E-state index contributed by atoms with van der Waals surface area (Å²) in [6.45, 7) is 8.41. The summed E-state index contributed by atoms with van der Waals surface area (Å²) in [4.78, 5) is 11.5. The Balaban J connectivity index is 2.15. The molecule has 4 heteroatoms. The van der Waals surface area contributed by atoms with Crippen LogP contribution in [0.4, 0.5) is 4.79 Å². The van der Waals surface area contributed by atoms with E-state index in [2.05, 4.69) is 10.6 Å². The van der Waals surface area contributed by atoms with Crippen LogP contribution >= 0.6 is 0 Å². The molecule has 0 heterocycles. The highest BCUT2D eigenvalue weighted by Gasteiger charge is 2.19. The second kappa shape index (κ2) is 6.24. The molecule has 2 N–H and O–H groups in total. The van der Waals surface area contributed by atoms with Crippen LogP contribution in [-0.4, -0.2) is 30.3 Å². The van der Waals surface area contributed by atoms with Crippen LogP contribution in [0.3, 0.4) is 0 Å². The topological polar surface area (TPSA) is 50.4 Å². The molecule has 17 heavy (non-hydrogen) atoms. The van der Waals surface area contributed by atoms with E-state index in [1.54, 1.807) is 0 Å². The van der Waals surface area contributed by atoms with Crippen molar-refractivity contribution in [2.75, 3.05) is 6.54 Å². The number of alkyl carbamates (subject to hydrolysis) is 1. The summed E-state index contributed by atoms with van der Waals surface area (Å²) in [5, 5.41) is 6.32. The SMILES string of the molecule is C[C@@H](CNC1CCCC1)NC(=O)OC(C)(C)C. The number of carbonyl (C=O) groups excluding carboxylic acids is 1. The van der Waals surface area contributed by atoms with Crippen molar-refractivity contribution < 1.29 is 9.53 Å². The van der Waals surface area contributed by atoms with Crippen molar-refractivity contribution >= 4 is 6.09 Å². The lowest BCUT2D eigenvalue weighted by Gasteiger charge is -2.23. The molecule has 1 saturated carbocycles. The third kappa shape index (κ3) is 6.51. The molecule has 4 nitrogen and oxygen atoms in total. The van der Waals surface area contributed by atoms with Gasteiger partial charge in [-0.15, -0.1) is 0 Å². The number of rotatable bonds is 4. The van der Waals surface area contributed by atoms with Gasteiger partial charge in [-0.05, 0) is 40.5 Å². The maximum atomic E-state index is 11.5. The Morgan fingerprint density at radius 1 is 1.35 bits per heavy atom. The van der Waals surface area contributed by atoms with Crippen molar-refractivity contribution in [1.29, 1.82) is 0 Å². The van der Waals surface area contributed by atoms with Crippen molar-refractivity contribution in [1.82, 2.24) is 10.6 Å². The molecule has 1 fully saturated rings. The highest BCUT2D eigenvalue weighted by molar-refractivity contribution is 5.68. The lowest BCUT2D eigenvalue weighted by Crippen LogP contribution is -2.44. The first-order valence-corrected chi connectivity index (χ1v) is 6.60. The van der Waals surface area contributed by atoms with Crippen LogP contribution in [0.15, 0.2) is 0 Å². The minimum Gasteiger partial charge on any atom is -0.444 e. The molecule has 0 saturated heterocycles. The monoisotopic (exact) mass is 242 g/mol. The first kappa shape index (κ1) is 14.3. The third-order valence-corrected chi connectivity index (χ3v) is 2.83. The maximum Gasteiger partial charge on any atom is 0.407 e. The molecular weight excluding hydrogens is 216 g/mol. The molecule has 0 bridgehead atoms. The van der Waals surface area contributed by atoms with Crippen molar-refractivity contribution in [3.8, 4) is 0 Å². The zero-order chi connectivity index (χ0) is 12.9. The predicted octanol–water partition coefficient (Wildman–Crippen LogP) is 2.43. The fourth-order valence-electron chi connectivity index (χ4n) is 2.03. The molecule has 0 aromatic heterocycles. The normalized spacial score (nSPS) is 19.1. The van der Waals surface area contributed by atoms with Gasteiger partial charge in [-0.2, -0.15) is 0 Å².